The fourth-order valence-corrected chi connectivity index (χ4v) is 2.78. The molecule has 0 amide bonds. The SMILES string of the molecule is C=CC(C)C1=C(C)Cc2c(C)ccc(C)c21. The Hall–Kier alpha value is -1.30. The van der Waals surface area contributed by atoms with Crippen LogP contribution in [0.15, 0.2) is 30.4 Å². The molecule has 0 nitrogen and oxygen atoms in total. The first-order valence-electron chi connectivity index (χ1n) is 5.98. The Labute approximate surface area is 98.7 Å². The number of allylic oxidation sites excluding steroid dienone is 3. The van der Waals surface area contributed by atoms with Crippen molar-refractivity contribution in [1.29, 1.82) is 0 Å². The number of fused-ring (bicyclic) bond motifs is 1. The topological polar surface area (TPSA) is 0 Å². The van der Waals surface area contributed by atoms with Gasteiger partial charge in [0.25, 0.3) is 0 Å². The van der Waals surface area contributed by atoms with Crippen molar-refractivity contribution in [3.8, 4) is 0 Å². The molecular formula is C16H20. The molecule has 0 fully saturated rings. The molecule has 0 bridgehead atoms. The lowest BCUT2D eigenvalue weighted by molar-refractivity contribution is 0.959. The highest BCUT2D eigenvalue weighted by Crippen LogP contribution is 2.40. The molecule has 16 heavy (non-hydrogen) atoms. The molecule has 84 valence electrons. The smallest absolute Gasteiger partial charge is 0.000741 e. The molecule has 0 radical (unpaired) electrons. The molecule has 0 saturated carbocycles. The first-order chi connectivity index (χ1) is 7.56. The van der Waals surface area contributed by atoms with E-state index in [1.54, 1.807) is 0 Å². The summed E-state index contributed by atoms with van der Waals surface area (Å²) in [7, 11) is 0. The summed E-state index contributed by atoms with van der Waals surface area (Å²) in [6.45, 7) is 12.9. The number of hydrogen-bond acceptors (Lipinski definition) is 0. The van der Waals surface area contributed by atoms with Gasteiger partial charge in [-0.15, -0.1) is 6.58 Å². The van der Waals surface area contributed by atoms with E-state index < -0.39 is 0 Å². The van der Waals surface area contributed by atoms with Crippen molar-refractivity contribution < 1.29 is 0 Å². The number of hydrogen-bond donors (Lipinski definition) is 0. The molecule has 0 N–H and O–H groups in total. The minimum atomic E-state index is 0.460. The van der Waals surface area contributed by atoms with Gasteiger partial charge in [0.15, 0.2) is 0 Å². The Morgan fingerprint density at radius 1 is 1.19 bits per heavy atom. The van der Waals surface area contributed by atoms with Crippen molar-refractivity contribution in [1.82, 2.24) is 0 Å². The van der Waals surface area contributed by atoms with Crippen LogP contribution in [-0.4, -0.2) is 0 Å². The molecule has 0 aromatic heterocycles. The zero-order chi connectivity index (χ0) is 11.9. The van der Waals surface area contributed by atoms with Crippen molar-refractivity contribution >= 4 is 5.57 Å². The maximum Gasteiger partial charge on any atom is -0.000741 e. The average Bonchev–Trinajstić information content (AvgIpc) is 2.61. The van der Waals surface area contributed by atoms with Gasteiger partial charge in [-0.05, 0) is 60.9 Å². The second-order valence-corrected chi connectivity index (χ2v) is 4.95. The summed E-state index contributed by atoms with van der Waals surface area (Å²) in [6.07, 6.45) is 3.17. The summed E-state index contributed by atoms with van der Waals surface area (Å²) in [5, 5.41) is 0. The monoisotopic (exact) mass is 212 g/mol. The Balaban J connectivity index is 2.65. The van der Waals surface area contributed by atoms with Crippen LogP contribution in [0.1, 0.15) is 36.1 Å². The molecule has 1 atom stereocenters. The van der Waals surface area contributed by atoms with Gasteiger partial charge in [-0.3, -0.25) is 0 Å². The van der Waals surface area contributed by atoms with E-state index in [4.69, 9.17) is 0 Å². The summed E-state index contributed by atoms with van der Waals surface area (Å²) in [4.78, 5) is 0. The van der Waals surface area contributed by atoms with Crippen LogP contribution in [0.4, 0.5) is 0 Å². The first-order valence-corrected chi connectivity index (χ1v) is 5.98. The third-order valence-electron chi connectivity index (χ3n) is 3.74. The maximum atomic E-state index is 3.93. The summed E-state index contributed by atoms with van der Waals surface area (Å²) < 4.78 is 0. The minimum Gasteiger partial charge on any atom is -0.102 e. The predicted molar refractivity (Wildman–Crippen MR) is 71.6 cm³/mol. The van der Waals surface area contributed by atoms with Gasteiger partial charge in [0.1, 0.15) is 0 Å². The fraction of sp³-hybridized carbons (Fsp3) is 0.375. The summed E-state index contributed by atoms with van der Waals surface area (Å²) >= 11 is 0. The lowest BCUT2D eigenvalue weighted by Crippen LogP contribution is -1.98. The van der Waals surface area contributed by atoms with Crippen molar-refractivity contribution in [2.75, 3.05) is 0 Å². The second kappa shape index (κ2) is 3.93. The van der Waals surface area contributed by atoms with E-state index in [2.05, 4.69) is 52.5 Å². The van der Waals surface area contributed by atoms with E-state index in [0.29, 0.717) is 5.92 Å². The standard InChI is InChI=1S/C16H20/c1-6-10(2)15-13(5)9-14-11(3)7-8-12(4)16(14)15/h6-8,10H,1,9H2,2-5H3. The molecule has 1 unspecified atom stereocenters. The predicted octanol–water partition coefficient (Wildman–Crippen LogP) is 4.46. The molecule has 0 saturated heterocycles. The van der Waals surface area contributed by atoms with Crippen LogP contribution in [0.3, 0.4) is 0 Å². The van der Waals surface area contributed by atoms with Crippen LogP contribution >= 0.6 is 0 Å². The average molecular weight is 212 g/mol. The molecule has 1 aliphatic carbocycles. The van der Waals surface area contributed by atoms with Crippen LogP contribution in [-0.2, 0) is 6.42 Å². The van der Waals surface area contributed by atoms with Gasteiger partial charge < -0.3 is 0 Å². The van der Waals surface area contributed by atoms with Gasteiger partial charge >= 0.3 is 0 Å². The van der Waals surface area contributed by atoms with Crippen LogP contribution in [0.25, 0.3) is 5.57 Å². The van der Waals surface area contributed by atoms with Crippen LogP contribution in [0, 0.1) is 19.8 Å². The Morgan fingerprint density at radius 3 is 2.44 bits per heavy atom. The molecule has 0 spiro atoms. The van der Waals surface area contributed by atoms with Crippen molar-refractivity contribution in [2.24, 2.45) is 5.92 Å². The number of benzene rings is 1. The lowest BCUT2D eigenvalue weighted by atomic mass is 9.90. The summed E-state index contributed by atoms with van der Waals surface area (Å²) in [5.74, 6) is 0.460. The Morgan fingerprint density at radius 2 is 1.81 bits per heavy atom. The molecule has 2 rings (SSSR count). The van der Waals surface area contributed by atoms with E-state index in [-0.39, 0.29) is 0 Å². The zero-order valence-corrected chi connectivity index (χ0v) is 10.7. The lowest BCUT2D eigenvalue weighted by Gasteiger charge is -2.15. The maximum absolute atomic E-state index is 3.93. The van der Waals surface area contributed by atoms with Gasteiger partial charge in [-0.25, -0.2) is 0 Å². The van der Waals surface area contributed by atoms with Crippen LogP contribution in [0.2, 0.25) is 0 Å². The van der Waals surface area contributed by atoms with Gasteiger partial charge in [0, 0.05) is 0 Å². The molecule has 0 heteroatoms. The van der Waals surface area contributed by atoms with Gasteiger partial charge in [0.05, 0.1) is 0 Å². The second-order valence-electron chi connectivity index (χ2n) is 4.95. The van der Waals surface area contributed by atoms with Crippen molar-refractivity contribution in [3.63, 3.8) is 0 Å². The Bertz CT molecular complexity index is 475. The van der Waals surface area contributed by atoms with E-state index in [1.807, 2.05) is 0 Å². The van der Waals surface area contributed by atoms with Gasteiger partial charge in [-0.2, -0.15) is 0 Å². The highest BCUT2D eigenvalue weighted by Gasteiger charge is 2.24. The fourth-order valence-electron chi connectivity index (χ4n) is 2.78. The normalized spacial score (nSPS) is 16.2. The molecule has 0 heterocycles. The Kier molecular flexibility index (Phi) is 2.75. The minimum absolute atomic E-state index is 0.460. The summed E-state index contributed by atoms with van der Waals surface area (Å²) in [6, 6.07) is 4.48. The molecule has 0 aliphatic heterocycles. The molecular weight excluding hydrogens is 192 g/mol. The van der Waals surface area contributed by atoms with Crippen LogP contribution in [0.5, 0.6) is 0 Å². The van der Waals surface area contributed by atoms with E-state index in [9.17, 15) is 0 Å². The van der Waals surface area contributed by atoms with Gasteiger partial charge in [-0.1, -0.05) is 30.7 Å². The third kappa shape index (κ3) is 1.53. The third-order valence-corrected chi connectivity index (χ3v) is 3.74. The first kappa shape index (κ1) is 11.2. The highest BCUT2D eigenvalue weighted by molar-refractivity contribution is 5.81. The van der Waals surface area contributed by atoms with E-state index in [1.165, 1.54) is 33.4 Å². The highest BCUT2D eigenvalue weighted by atomic mass is 14.3. The molecule has 1 aliphatic rings. The summed E-state index contributed by atoms with van der Waals surface area (Å²) in [5.41, 5.74) is 8.87. The zero-order valence-electron chi connectivity index (χ0n) is 10.7. The van der Waals surface area contributed by atoms with Crippen molar-refractivity contribution in [3.05, 3.63) is 52.6 Å². The molecule has 1 aromatic carbocycles. The van der Waals surface area contributed by atoms with E-state index >= 15 is 0 Å². The number of rotatable bonds is 2. The van der Waals surface area contributed by atoms with Gasteiger partial charge in [0.2, 0.25) is 0 Å². The van der Waals surface area contributed by atoms with Crippen molar-refractivity contribution in [2.45, 2.75) is 34.1 Å². The van der Waals surface area contributed by atoms with E-state index in [0.717, 1.165) is 6.42 Å². The quantitative estimate of drug-likeness (QED) is 0.635. The number of aryl methyl sites for hydroxylation is 2. The van der Waals surface area contributed by atoms with Crippen LogP contribution < -0.4 is 0 Å². The molecule has 1 aromatic rings. The largest absolute Gasteiger partial charge is 0.102 e.